The molecule has 3 rings (SSSR count). The largest absolute Gasteiger partial charge is 0.324 e. The van der Waals surface area contributed by atoms with Crippen molar-refractivity contribution in [2.24, 2.45) is 0 Å². The standard InChI is InChI=1S/C25H32N4O/c1-16-13-17(2)24(18(3)14-16)26-25(30)21(6)28(7)15-23-19(4)27-29(20(23)5)22-11-9-8-10-12-22/h8-14,21H,15H2,1-7H3,(H,26,30)/p+1/t21-/m1/s1. The van der Waals surface area contributed by atoms with E-state index in [1.54, 1.807) is 0 Å². The molecule has 1 unspecified atom stereocenters. The molecule has 1 heterocycles. The van der Waals surface area contributed by atoms with E-state index >= 15 is 0 Å². The van der Waals surface area contributed by atoms with Gasteiger partial charge < -0.3 is 10.2 Å². The molecule has 0 radical (unpaired) electrons. The summed E-state index contributed by atoms with van der Waals surface area (Å²) < 4.78 is 1.99. The Morgan fingerprint density at radius 2 is 1.67 bits per heavy atom. The monoisotopic (exact) mass is 405 g/mol. The number of rotatable bonds is 6. The summed E-state index contributed by atoms with van der Waals surface area (Å²) in [5, 5.41) is 7.89. The molecule has 0 aliphatic heterocycles. The van der Waals surface area contributed by atoms with Gasteiger partial charge in [-0.15, -0.1) is 0 Å². The molecule has 3 aromatic rings. The van der Waals surface area contributed by atoms with Gasteiger partial charge in [-0.25, -0.2) is 4.68 Å². The summed E-state index contributed by atoms with van der Waals surface area (Å²) in [6.45, 7) is 13.0. The molecule has 2 aromatic carbocycles. The van der Waals surface area contributed by atoms with Crippen LogP contribution < -0.4 is 10.2 Å². The van der Waals surface area contributed by atoms with Gasteiger partial charge in [-0.1, -0.05) is 35.9 Å². The number of anilines is 1. The van der Waals surface area contributed by atoms with Crippen molar-refractivity contribution in [1.29, 1.82) is 0 Å². The normalized spacial score (nSPS) is 13.2. The maximum Gasteiger partial charge on any atom is 0.282 e. The maximum absolute atomic E-state index is 13.0. The highest BCUT2D eigenvalue weighted by atomic mass is 16.2. The van der Waals surface area contributed by atoms with Gasteiger partial charge in [0.2, 0.25) is 0 Å². The first-order valence-corrected chi connectivity index (χ1v) is 10.5. The third-order valence-electron chi connectivity index (χ3n) is 5.96. The number of aryl methyl sites for hydroxylation is 4. The van der Waals surface area contributed by atoms with Gasteiger partial charge in [0.15, 0.2) is 6.04 Å². The smallest absolute Gasteiger partial charge is 0.282 e. The average Bonchev–Trinajstić information content (AvgIpc) is 2.98. The molecule has 1 aromatic heterocycles. The number of carbonyl (C=O) groups excluding carboxylic acids is 1. The minimum atomic E-state index is -0.191. The Labute approximate surface area is 179 Å². The van der Waals surface area contributed by atoms with Crippen molar-refractivity contribution in [3.8, 4) is 5.69 Å². The Kier molecular flexibility index (Phi) is 6.42. The first-order valence-electron chi connectivity index (χ1n) is 10.5. The van der Waals surface area contributed by atoms with Crippen LogP contribution in [0.5, 0.6) is 0 Å². The number of quaternary nitrogens is 1. The number of hydrogen-bond acceptors (Lipinski definition) is 2. The third-order valence-corrected chi connectivity index (χ3v) is 5.96. The number of nitrogens with zero attached hydrogens (tertiary/aromatic N) is 2. The van der Waals surface area contributed by atoms with Gasteiger partial charge >= 0.3 is 0 Å². The molecule has 2 N–H and O–H groups in total. The number of likely N-dealkylation sites (N-methyl/N-ethyl adjacent to an activating group) is 1. The molecule has 0 saturated heterocycles. The molecule has 0 aliphatic rings. The van der Waals surface area contributed by atoms with Crippen molar-refractivity contribution >= 4 is 11.6 Å². The molecule has 0 aliphatic carbocycles. The van der Waals surface area contributed by atoms with E-state index in [1.807, 2.05) is 50.6 Å². The van der Waals surface area contributed by atoms with Crippen molar-refractivity contribution in [2.75, 3.05) is 12.4 Å². The number of aromatic nitrogens is 2. The zero-order valence-corrected chi connectivity index (χ0v) is 19.1. The average molecular weight is 406 g/mol. The van der Waals surface area contributed by atoms with Crippen LogP contribution in [0.3, 0.4) is 0 Å². The molecule has 0 saturated carbocycles. The predicted molar refractivity (Wildman–Crippen MR) is 122 cm³/mol. The van der Waals surface area contributed by atoms with E-state index in [2.05, 4.69) is 50.5 Å². The summed E-state index contributed by atoms with van der Waals surface area (Å²) in [5.74, 6) is 0.0355. The van der Waals surface area contributed by atoms with Gasteiger partial charge in [-0.05, 0) is 64.8 Å². The van der Waals surface area contributed by atoms with Gasteiger partial charge in [0.05, 0.1) is 29.7 Å². The molecule has 2 atom stereocenters. The highest BCUT2D eigenvalue weighted by Gasteiger charge is 2.25. The van der Waals surface area contributed by atoms with E-state index in [-0.39, 0.29) is 11.9 Å². The highest BCUT2D eigenvalue weighted by Crippen LogP contribution is 2.22. The van der Waals surface area contributed by atoms with Gasteiger partial charge in [-0.2, -0.15) is 5.10 Å². The number of hydrogen-bond donors (Lipinski definition) is 2. The van der Waals surface area contributed by atoms with Gasteiger partial charge in [-0.3, -0.25) is 4.79 Å². The van der Waals surface area contributed by atoms with E-state index < -0.39 is 0 Å². The van der Waals surface area contributed by atoms with Gasteiger partial charge in [0.25, 0.3) is 5.91 Å². The van der Waals surface area contributed by atoms with E-state index in [4.69, 9.17) is 5.10 Å². The molecule has 30 heavy (non-hydrogen) atoms. The first-order chi connectivity index (χ1) is 14.2. The summed E-state index contributed by atoms with van der Waals surface area (Å²) in [4.78, 5) is 14.1. The van der Waals surface area contributed by atoms with Gasteiger partial charge in [0, 0.05) is 5.69 Å². The Morgan fingerprint density at radius 3 is 2.27 bits per heavy atom. The Morgan fingerprint density at radius 1 is 1.07 bits per heavy atom. The SMILES string of the molecule is Cc1cc(C)c(NC(=O)[C@@H](C)[NH+](C)Cc2c(C)nn(-c3ccccc3)c2C)c(C)c1. The lowest BCUT2D eigenvalue weighted by Crippen LogP contribution is -3.12. The van der Waals surface area contributed by atoms with Crippen LogP contribution in [-0.2, 0) is 11.3 Å². The molecule has 158 valence electrons. The Hall–Kier alpha value is -2.92. The molecular formula is C25H33N4O+. The van der Waals surface area contributed by atoms with E-state index in [0.717, 1.165) is 45.3 Å². The highest BCUT2D eigenvalue weighted by molar-refractivity contribution is 5.95. The lowest BCUT2D eigenvalue weighted by Gasteiger charge is -2.22. The van der Waals surface area contributed by atoms with Crippen LogP contribution in [0.25, 0.3) is 5.69 Å². The first kappa shape index (κ1) is 21.8. The van der Waals surface area contributed by atoms with Crippen LogP contribution in [0.2, 0.25) is 0 Å². The number of amides is 1. The molecule has 0 spiro atoms. The lowest BCUT2D eigenvalue weighted by atomic mass is 10.0. The Balaban J connectivity index is 1.75. The van der Waals surface area contributed by atoms with E-state index in [0.29, 0.717) is 0 Å². The quantitative estimate of drug-likeness (QED) is 0.660. The van der Waals surface area contributed by atoms with Crippen LogP contribution in [0.4, 0.5) is 5.69 Å². The molecule has 5 heteroatoms. The summed E-state index contributed by atoms with van der Waals surface area (Å²) in [6, 6.07) is 14.2. The zero-order valence-electron chi connectivity index (χ0n) is 19.1. The van der Waals surface area contributed by atoms with E-state index in [1.165, 1.54) is 11.1 Å². The van der Waals surface area contributed by atoms with Crippen molar-refractivity contribution in [3.63, 3.8) is 0 Å². The van der Waals surface area contributed by atoms with Crippen molar-refractivity contribution in [2.45, 2.75) is 54.1 Å². The molecule has 5 nitrogen and oxygen atoms in total. The maximum atomic E-state index is 13.0. The van der Waals surface area contributed by atoms with Crippen LogP contribution in [0.1, 0.15) is 40.6 Å². The molecule has 0 fully saturated rings. The van der Waals surface area contributed by atoms with Crippen molar-refractivity contribution < 1.29 is 9.69 Å². The van der Waals surface area contributed by atoms with Crippen molar-refractivity contribution in [3.05, 3.63) is 76.1 Å². The summed E-state index contributed by atoms with van der Waals surface area (Å²) in [6.07, 6.45) is 0. The molecule has 0 bridgehead atoms. The Bertz CT molecular complexity index is 1030. The van der Waals surface area contributed by atoms with Crippen molar-refractivity contribution in [1.82, 2.24) is 9.78 Å². The second kappa shape index (κ2) is 8.84. The summed E-state index contributed by atoms with van der Waals surface area (Å²) in [7, 11) is 2.07. The van der Waals surface area contributed by atoms with Gasteiger partial charge in [0.1, 0.15) is 6.54 Å². The number of para-hydroxylation sites is 1. The minimum Gasteiger partial charge on any atom is -0.324 e. The number of benzene rings is 2. The number of carbonyl (C=O) groups is 1. The second-order valence-electron chi connectivity index (χ2n) is 8.40. The van der Waals surface area contributed by atoms with Crippen LogP contribution >= 0.6 is 0 Å². The fraction of sp³-hybridized carbons (Fsp3) is 0.360. The fourth-order valence-corrected chi connectivity index (χ4v) is 4.02. The number of nitrogens with one attached hydrogen (secondary N) is 2. The molecular weight excluding hydrogens is 372 g/mol. The minimum absolute atomic E-state index is 0.0355. The summed E-state index contributed by atoms with van der Waals surface area (Å²) in [5.41, 5.74) is 8.71. The second-order valence-corrected chi connectivity index (χ2v) is 8.40. The lowest BCUT2D eigenvalue weighted by molar-refractivity contribution is -0.907. The zero-order chi connectivity index (χ0) is 22.0. The van der Waals surface area contributed by atoms with Crippen LogP contribution in [-0.4, -0.2) is 28.8 Å². The molecule has 1 amide bonds. The topological polar surface area (TPSA) is 51.4 Å². The van der Waals surface area contributed by atoms with E-state index in [9.17, 15) is 4.79 Å². The third kappa shape index (κ3) is 4.46. The summed E-state index contributed by atoms with van der Waals surface area (Å²) >= 11 is 0. The van der Waals surface area contributed by atoms with Crippen LogP contribution in [0.15, 0.2) is 42.5 Å². The fourth-order valence-electron chi connectivity index (χ4n) is 4.02. The predicted octanol–water partition coefficient (Wildman–Crippen LogP) is 3.46. The van der Waals surface area contributed by atoms with Crippen LogP contribution in [0, 0.1) is 34.6 Å².